The van der Waals surface area contributed by atoms with Crippen molar-refractivity contribution in [1.82, 2.24) is 9.21 Å². The first kappa shape index (κ1) is 23.8. The first-order valence-corrected chi connectivity index (χ1v) is 11.8. The third-order valence-electron chi connectivity index (χ3n) is 5.29. The van der Waals surface area contributed by atoms with Gasteiger partial charge in [-0.05, 0) is 30.7 Å². The number of benzene rings is 2. The van der Waals surface area contributed by atoms with Crippen molar-refractivity contribution >= 4 is 43.5 Å². The van der Waals surface area contributed by atoms with Gasteiger partial charge < -0.3 is 10.0 Å². The Morgan fingerprint density at radius 2 is 1.84 bits per heavy atom. The Labute approximate surface area is 192 Å². The quantitative estimate of drug-likeness (QED) is 0.432. The van der Waals surface area contributed by atoms with Crippen LogP contribution >= 0.6 is 15.9 Å². The minimum absolute atomic E-state index is 0.0536. The van der Waals surface area contributed by atoms with Gasteiger partial charge in [0.05, 0.1) is 4.92 Å². The molecular weight excluding hydrogens is 506 g/mol. The molecule has 3 rings (SSSR count). The predicted molar refractivity (Wildman–Crippen MR) is 117 cm³/mol. The number of carboxylic acids is 1. The number of carbonyl (C=O) groups is 2. The van der Waals surface area contributed by atoms with Gasteiger partial charge >= 0.3 is 5.97 Å². The Kier molecular flexibility index (Phi) is 6.96. The zero-order valence-corrected chi connectivity index (χ0v) is 19.3. The zero-order valence-electron chi connectivity index (χ0n) is 16.9. The number of rotatable bonds is 7. The molecule has 1 amide bonds. The zero-order chi connectivity index (χ0) is 23.6. The summed E-state index contributed by atoms with van der Waals surface area (Å²) in [6.07, 6.45) is 0.0536. The van der Waals surface area contributed by atoms with Crippen molar-refractivity contribution in [2.24, 2.45) is 0 Å². The van der Waals surface area contributed by atoms with E-state index in [4.69, 9.17) is 0 Å². The number of halogens is 1. The lowest BCUT2D eigenvalue weighted by molar-refractivity contribution is -0.387. The van der Waals surface area contributed by atoms with Crippen LogP contribution in [0.25, 0.3) is 0 Å². The molecule has 32 heavy (non-hydrogen) atoms. The Morgan fingerprint density at radius 1 is 1.22 bits per heavy atom. The molecule has 0 spiro atoms. The van der Waals surface area contributed by atoms with Crippen LogP contribution in [0.5, 0.6) is 0 Å². The molecule has 2 atom stereocenters. The van der Waals surface area contributed by atoms with Crippen molar-refractivity contribution in [1.29, 1.82) is 0 Å². The number of nitro benzene ring substituents is 1. The fraction of sp³-hybridized carbons (Fsp3) is 0.300. The number of amides is 1. The van der Waals surface area contributed by atoms with Gasteiger partial charge in [0.2, 0.25) is 5.91 Å². The smallest absolute Gasteiger partial charge is 0.326 e. The Bertz CT molecular complexity index is 1150. The van der Waals surface area contributed by atoms with Crippen molar-refractivity contribution in [2.45, 2.75) is 30.3 Å². The van der Waals surface area contributed by atoms with Crippen molar-refractivity contribution in [3.05, 3.63) is 68.7 Å². The first-order chi connectivity index (χ1) is 15.0. The fourth-order valence-corrected chi connectivity index (χ4v) is 5.64. The molecule has 0 aliphatic carbocycles. The van der Waals surface area contributed by atoms with Crippen LogP contribution in [0, 0.1) is 10.1 Å². The maximum atomic E-state index is 13.1. The number of hydrogen-bond acceptors (Lipinski definition) is 6. The van der Waals surface area contributed by atoms with E-state index < -0.39 is 49.5 Å². The van der Waals surface area contributed by atoms with Crippen LogP contribution in [0.15, 0.2) is 57.9 Å². The van der Waals surface area contributed by atoms with Crippen LogP contribution in [-0.4, -0.2) is 64.7 Å². The number of sulfonamides is 1. The molecule has 1 aliphatic heterocycles. The summed E-state index contributed by atoms with van der Waals surface area (Å²) < 4.78 is 28.0. The van der Waals surface area contributed by atoms with Gasteiger partial charge in [-0.3, -0.25) is 14.9 Å². The third-order valence-corrected chi connectivity index (χ3v) is 7.83. The van der Waals surface area contributed by atoms with Gasteiger partial charge in [0.25, 0.3) is 15.7 Å². The van der Waals surface area contributed by atoms with Gasteiger partial charge in [-0.2, -0.15) is 4.31 Å². The van der Waals surface area contributed by atoms with Gasteiger partial charge in [-0.1, -0.05) is 40.2 Å². The van der Waals surface area contributed by atoms with Gasteiger partial charge in [-0.15, -0.1) is 0 Å². The second-order valence-corrected chi connectivity index (χ2v) is 10.0. The molecule has 1 heterocycles. The highest BCUT2D eigenvalue weighted by atomic mass is 79.9. The summed E-state index contributed by atoms with van der Waals surface area (Å²) in [5.41, 5.74) is 0.115. The van der Waals surface area contributed by atoms with Crippen molar-refractivity contribution in [3.8, 4) is 0 Å². The highest BCUT2D eigenvalue weighted by Crippen LogP contribution is 2.29. The van der Waals surface area contributed by atoms with Crippen molar-refractivity contribution in [3.63, 3.8) is 0 Å². The summed E-state index contributed by atoms with van der Waals surface area (Å²) in [6, 6.07) is 9.50. The Hall–Kier alpha value is -2.83. The SMILES string of the molecule is C[C@H]1C(=O)N([C@@H](Cc2ccc(Br)cc2)C(=O)O)CCN1S(=O)(=O)c1ccccc1[N+](=O)[O-]. The number of nitro groups is 1. The maximum Gasteiger partial charge on any atom is 0.326 e. The number of hydrogen-bond donors (Lipinski definition) is 1. The monoisotopic (exact) mass is 525 g/mol. The maximum absolute atomic E-state index is 13.1. The molecule has 2 aromatic carbocycles. The standard InChI is InChI=1S/C20H20BrN3O7S/c1-13-19(25)22(17(20(26)27)12-14-6-8-15(21)9-7-14)10-11-23(13)32(30,31)18-5-3-2-4-16(18)24(28)29/h2-9,13,17H,10-12H2,1H3,(H,26,27)/t13-,17-/m0/s1. The third kappa shape index (κ3) is 4.66. The van der Waals surface area contributed by atoms with Crippen LogP contribution in [0.2, 0.25) is 0 Å². The van der Waals surface area contributed by atoms with E-state index in [9.17, 15) is 33.2 Å². The molecule has 2 aromatic rings. The van der Waals surface area contributed by atoms with E-state index in [0.29, 0.717) is 5.56 Å². The van der Waals surface area contributed by atoms with E-state index in [2.05, 4.69) is 15.9 Å². The summed E-state index contributed by atoms with van der Waals surface area (Å²) in [5.74, 6) is -1.88. The molecule has 170 valence electrons. The molecular formula is C20H20BrN3O7S. The van der Waals surface area contributed by atoms with Crippen molar-refractivity contribution < 1.29 is 28.0 Å². The number of piperazine rings is 1. The lowest BCUT2D eigenvalue weighted by atomic mass is 10.0. The molecule has 1 fully saturated rings. The normalized spacial score (nSPS) is 18.4. The highest BCUT2D eigenvalue weighted by Gasteiger charge is 2.44. The van der Waals surface area contributed by atoms with E-state index in [0.717, 1.165) is 25.8 Å². The lowest BCUT2D eigenvalue weighted by Crippen LogP contribution is -2.61. The van der Waals surface area contributed by atoms with E-state index in [1.165, 1.54) is 19.1 Å². The number of nitrogens with zero attached hydrogens (tertiary/aromatic N) is 3. The fourth-order valence-electron chi connectivity index (χ4n) is 3.64. The minimum Gasteiger partial charge on any atom is -0.480 e. The molecule has 12 heteroatoms. The van der Waals surface area contributed by atoms with Gasteiger partial charge in [0, 0.05) is 30.0 Å². The summed E-state index contributed by atoms with van der Waals surface area (Å²) in [4.78, 5) is 36.1. The van der Waals surface area contributed by atoms with Crippen LogP contribution < -0.4 is 0 Å². The molecule has 1 saturated heterocycles. The summed E-state index contributed by atoms with van der Waals surface area (Å²) in [5, 5.41) is 21.0. The minimum atomic E-state index is -4.36. The topological polar surface area (TPSA) is 138 Å². The summed E-state index contributed by atoms with van der Waals surface area (Å²) in [6.45, 7) is 1.00. The molecule has 0 radical (unpaired) electrons. The Balaban J connectivity index is 1.87. The van der Waals surface area contributed by atoms with Crippen molar-refractivity contribution in [2.75, 3.05) is 13.1 Å². The molecule has 1 aliphatic rings. The largest absolute Gasteiger partial charge is 0.480 e. The predicted octanol–water partition coefficient (Wildman–Crippen LogP) is 2.27. The average Bonchev–Trinajstić information content (AvgIpc) is 2.75. The number of para-hydroxylation sites is 1. The van der Waals surface area contributed by atoms with Crippen LogP contribution in [0.3, 0.4) is 0 Å². The van der Waals surface area contributed by atoms with Crippen LogP contribution in [-0.2, 0) is 26.0 Å². The lowest BCUT2D eigenvalue weighted by Gasteiger charge is -2.40. The first-order valence-electron chi connectivity index (χ1n) is 9.57. The summed E-state index contributed by atoms with van der Waals surface area (Å²) >= 11 is 3.31. The number of carbonyl (C=O) groups excluding carboxylic acids is 1. The molecule has 0 unspecified atom stereocenters. The van der Waals surface area contributed by atoms with E-state index in [1.807, 2.05) is 0 Å². The molecule has 10 nitrogen and oxygen atoms in total. The molecule has 0 aromatic heterocycles. The Morgan fingerprint density at radius 3 is 2.44 bits per heavy atom. The number of carboxylic acid groups (broad SMARTS) is 1. The van der Waals surface area contributed by atoms with E-state index in [-0.39, 0.29) is 19.5 Å². The van der Waals surface area contributed by atoms with Gasteiger partial charge in [0.1, 0.15) is 12.1 Å². The molecule has 0 saturated carbocycles. The van der Waals surface area contributed by atoms with Crippen LogP contribution in [0.4, 0.5) is 5.69 Å². The number of aliphatic carboxylic acids is 1. The second kappa shape index (κ2) is 9.35. The van der Waals surface area contributed by atoms with Crippen LogP contribution in [0.1, 0.15) is 12.5 Å². The summed E-state index contributed by atoms with van der Waals surface area (Å²) in [7, 11) is -4.36. The van der Waals surface area contributed by atoms with Gasteiger partial charge in [-0.25, -0.2) is 13.2 Å². The second-order valence-electron chi connectivity index (χ2n) is 7.23. The van der Waals surface area contributed by atoms with Gasteiger partial charge in [0.15, 0.2) is 4.90 Å². The highest BCUT2D eigenvalue weighted by molar-refractivity contribution is 9.10. The van der Waals surface area contributed by atoms with E-state index >= 15 is 0 Å². The van der Waals surface area contributed by atoms with E-state index in [1.54, 1.807) is 24.3 Å². The average molecular weight is 526 g/mol. The molecule has 0 bridgehead atoms. The molecule has 1 N–H and O–H groups in total.